The topological polar surface area (TPSA) is 121 Å². The largest absolute Gasteiger partial charge is 0.493 e. The lowest BCUT2D eigenvalue weighted by atomic mass is 9.95. The van der Waals surface area contributed by atoms with Crippen LogP contribution >= 0.6 is 0 Å². The van der Waals surface area contributed by atoms with Crippen LogP contribution in [0.1, 0.15) is 29.0 Å². The number of amides is 2. The third-order valence-electron chi connectivity index (χ3n) is 5.24. The molecule has 1 aliphatic rings. The van der Waals surface area contributed by atoms with Gasteiger partial charge in [-0.25, -0.2) is 19.1 Å². The highest BCUT2D eigenvalue weighted by Crippen LogP contribution is 2.28. The number of esters is 2. The van der Waals surface area contributed by atoms with Crippen molar-refractivity contribution < 1.29 is 28.6 Å². The minimum absolute atomic E-state index is 0.0468. The Morgan fingerprint density at radius 2 is 1.69 bits per heavy atom. The average Bonchev–Trinajstić information content (AvgIpc) is 3.33. The van der Waals surface area contributed by atoms with Crippen LogP contribution in [0.15, 0.2) is 78.1 Å². The minimum atomic E-state index is -0.781. The molecule has 0 fully saturated rings. The van der Waals surface area contributed by atoms with Crippen LogP contribution in [0.5, 0.6) is 5.75 Å². The van der Waals surface area contributed by atoms with Crippen molar-refractivity contribution in [3.05, 3.63) is 89.4 Å². The predicted octanol–water partition coefficient (Wildman–Crippen LogP) is 2.91. The fraction of sp³-hybridized carbons (Fsp3) is 0.200. The molecule has 2 heterocycles. The monoisotopic (exact) mass is 476 g/mol. The zero-order chi connectivity index (χ0) is 24.8. The van der Waals surface area contributed by atoms with Gasteiger partial charge in [-0.2, -0.15) is 5.10 Å². The number of hydrogen-bond acceptors (Lipinski definition) is 7. The minimum Gasteiger partial charge on any atom is -0.493 e. The van der Waals surface area contributed by atoms with Crippen LogP contribution in [0.3, 0.4) is 0 Å². The van der Waals surface area contributed by atoms with Crippen LogP contribution in [0.2, 0.25) is 0 Å². The summed E-state index contributed by atoms with van der Waals surface area (Å²) < 4.78 is 17.5. The third-order valence-corrected chi connectivity index (χ3v) is 5.24. The summed E-state index contributed by atoms with van der Waals surface area (Å²) in [6.07, 6.45) is 1.56. The number of hydrogen-bond donors (Lipinski definition) is 2. The summed E-state index contributed by atoms with van der Waals surface area (Å²) in [7, 11) is 1.42. The smallest absolute Gasteiger partial charge is 0.363 e. The van der Waals surface area contributed by atoms with Gasteiger partial charge in [-0.3, -0.25) is 0 Å². The highest BCUT2D eigenvalue weighted by atomic mass is 16.5. The lowest BCUT2D eigenvalue weighted by molar-refractivity contribution is -0.139. The van der Waals surface area contributed by atoms with E-state index in [0.717, 1.165) is 5.69 Å². The van der Waals surface area contributed by atoms with E-state index in [2.05, 4.69) is 15.7 Å². The van der Waals surface area contributed by atoms with Gasteiger partial charge in [-0.1, -0.05) is 48.5 Å². The molecule has 0 bridgehead atoms. The Morgan fingerprint density at radius 3 is 2.34 bits per heavy atom. The van der Waals surface area contributed by atoms with Crippen LogP contribution in [0.4, 0.5) is 4.79 Å². The second-order valence-electron chi connectivity index (χ2n) is 7.46. The van der Waals surface area contributed by atoms with Crippen molar-refractivity contribution in [2.24, 2.45) is 0 Å². The van der Waals surface area contributed by atoms with Crippen LogP contribution in [-0.2, 0) is 14.3 Å². The van der Waals surface area contributed by atoms with Gasteiger partial charge in [0.1, 0.15) is 6.61 Å². The average molecular weight is 476 g/mol. The molecule has 0 saturated carbocycles. The van der Waals surface area contributed by atoms with E-state index in [1.54, 1.807) is 37.4 Å². The Bertz CT molecular complexity index is 1250. The summed E-state index contributed by atoms with van der Waals surface area (Å²) in [6, 6.07) is 16.9. The first-order valence-electron chi connectivity index (χ1n) is 10.9. The highest BCUT2D eigenvalue weighted by molar-refractivity contribution is 5.95. The Balaban J connectivity index is 1.62. The first-order chi connectivity index (χ1) is 17.0. The van der Waals surface area contributed by atoms with E-state index in [9.17, 15) is 14.4 Å². The molecule has 0 aliphatic carbocycles. The van der Waals surface area contributed by atoms with Crippen LogP contribution in [-0.4, -0.2) is 48.1 Å². The lowest BCUT2D eigenvalue weighted by Crippen LogP contribution is -2.47. The number of methoxy groups -OCH3 is 1. The number of rotatable bonds is 8. The summed E-state index contributed by atoms with van der Waals surface area (Å²) in [5, 5.41) is 9.58. The van der Waals surface area contributed by atoms with Crippen molar-refractivity contribution >= 4 is 18.0 Å². The van der Waals surface area contributed by atoms with Gasteiger partial charge >= 0.3 is 18.0 Å². The van der Waals surface area contributed by atoms with Crippen molar-refractivity contribution in [1.82, 2.24) is 20.4 Å². The highest BCUT2D eigenvalue weighted by Gasteiger charge is 2.34. The first kappa shape index (κ1) is 23.6. The SMILES string of the molecule is CCOC(=O)C1=C(COC(=O)c2nn(-c3ccccc3)cc2OC)NC(=O)NC1c1ccccc1. The van der Waals surface area contributed by atoms with Crippen LogP contribution < -0.4 is 15.4 Å². The number of benzene rings is 2. The van der Waals surface area contributed by atoms with Gasteiger partial charge in [0, 0.05) is 0 Å². The molecule has 1 atom stereocenters. The number of carbonyl (C=O) groups is 3. The number of urea groups is 1. The number of para-hydroxylation sites is 1. The molecule has 4 rings (SSSR count). The van der Waals surface area contributed by atoms with E-state index < -0.39 is 24.0 Å². The summed E-state index contributed by atoms with van der Waals surface area (Å²) in [6.45, 7) is 1.43. The van der Waals surface area contributed by atoms with Gasteiger partial charge in [0.05, 0.1) is 42.9 Å². The van der Waals surface area contributed by atoms with E-state index in [4.69, 9.17) is 14.2 Å². The number of aromatic nitrogens is 2. The molecule has 2 N–H and O–H groups in total. The Kier molecular flexibility index (Phi) is 7.10. The summed E-state index contributed by atoms with van der Waals surface area (Å²) in [5.74, 6) is -1.20. The Hall–Kier alpha value is -4.60. The van der Waals surface area contributed by atoms with Crippen molar-refractivity contribution in [3.63, 3.8) is 0 Å². The molecule has 1 aliphatic heterocycles. The molecule has 2 amide bonds. The Morgan fingerprint density at radius 1 is 1.00 bits per heavy atom. The lowest BCUT2D eigenvalue weighted by Gasteiger charge is -2.29. The van der Waals surface area contributed by atoms with Crippen LogP contribution in [0, 0.1) is 0 Å². The molecule has 0 spiro atoms. The second-order valence-corrected chi connectivity index (χ2v) is 7.46. The van der Waals surface area contributed by atoms with E-state index in [1.165, 1.54) is 11.8 Å². The number of nitrogens with one attached hydrogen (secondary N) is 2. The molecule has 3 aromatic rings. The molecule has 0 saturated heterocycles. The number of ether oxygens (including phenoxy) is 3. The van der Waals surface area contributed by atoms with Crippen LogP contribution in [0.25, 0.3) is 5.69 Å². The van der Waals surface area contributed by atoms with E-state index >= 15 is 0 Å². The zero-order valence-corrected chi connectivity index (χ0v) is 19.2. The summed E-state index contributed by atoms with van der Waals surface area (Å²) >= 11 is 0. The maximum atomic E-state index is 12.9. The van der Waals surface area contributed by atoms with Crippen molar-refractivity contribution in [3.8, 4) is 11.4 Å². The molecule has 1 unspecified atom stereocenters. The van der Waals surface area contributed by atoms with Gasteiger partial charge < -0.3 is 24.8 Å². The zero-order valence-electron chi connectivity index (χ0n) is 19.2. The van der Waals surface area contributed by atoms with Gasteiger partial charge in [0.15, 0.2) is 5.75 Å². The maximum absolute atomic E-state index is 12.9. The molecular formula is C25H24N4O6. The molecule has 2 aromatic carbocycles. The Labute approximate surface area is 201 Å². The quantitative estimate of drug-likeness (QED) is 0.480. The van der Waals surface area contributed by atoms with E-state index in [1.807, 2.05) is 36.4 Å². The first-order valence-corrected chi connectivity index (χ1v) is 10.9. The summed E-state index contributed by atoms with van der Waals surface area (Å²) in [4.78, 5) is 38.1. The van der Waals surface area contributed by atoms with Gasteiger partial charge in [0.2, 0.25) is 5.69 Å². The molecular weight excluding hydrogens is 452 g/mol. The van der Waals surface area contributed by atoms with Gasteiger partial charge in [-0.15, -0.1) is 0 Å². The van der Waals surface area contributed by atoms with E-state index in [0.29, 0.717) is 5.56 Å². The van der Waals surface area contributed by atoms with Gasteiger partial charge in [0.25, 0.3) is 0 Å². The fourth-order valence-corrected chi connectivity index (χ4v) is 3.65. The molecule has 1 aromatic heterocycles. The molecule has 10 heteroatoms. The van der Waals surface area contributed by atoms with Crippen molar-refractivity contribution in [1.29, 1.82) is 0 Å². The summed E-state index contributed by atoms with van der Waals surface area (Å²) in [5.41, 5.74) is 1.63. The predicted molar refractivity (Wildman–Crippen MR) is 125 cm³/mol. The molecule has 180 valence electrons. The second kappa shape index (κ2) is 10.6. The third kappa shape index (κ3) is 5.16. The number of carbonyl (C=O) groups excluding carboxylic acids is 3. The number of nitrogens with zero attached hydrogens (tertiary/aromatic N) is 2. The molecule has 0 radical (unpaired) electrons. The fourth-order valence-electron chi connectivity index (χ4n) is 3.65. The molecule has 35 heavy (non-hydrogen) atoms. The standard InChI is InChI=1S/C25H24N4O6/c1-3-34-23(30)20-18(26-25(32)27-21(20)16-10-6-4-7-11-16)15-35-24(31)22-19(33-2)14-29(28-22)17-12-8-5-9-13-17/h4-14,21H,3,15H2,1-2H3,(H2,26,27,32). The van der Waals surface area contributed by atoms with Crippen molar-refractivity contribution in [2.75, 3.05) is 20.3 Å². The normalized spacial score (nSPS) is 15.1. The van der Waals surface area contributed by atoms with E-state index in [-0.39, 0.29) is 35.9 Å². The molecule has 10 nitrogen and oxygen atoms in total. The van der Waals surface area contributed by atoms with Crippen molar-refractivity contribution in [2.45, 2.75) is 13.0 Å². The van der Waals surface area contributed by atoms with Gasteiger partial charge in [-0.05, 0) is 24.6 Å². The maximum Gasteiger partial charge on any atom is 0.363 e.